The van der Waals surface area contributed by atoms with Gasteiger partial charge in [0.15, 0.2) is 0 Å². The molecule has 1 heterocycles. The summed E-state index contributed by atoms with van der Waals surface area (Å²) in [5, 5.41) is 1.10. The summed E-state index contributed by atoms with van der Waals surface area (Å²) in [7, 11) is 0. The van der Waals surface area contributed by atoms with E-state index < -0.39 is 0 Å². The molecule has 1 aromatic heterocycles. The van der Waals surface area contributed by atoms with Crippen LogP contribution in [0.2, 0.25) is 0 Å². The highest BCUT2D eigenvalue weighted by Gasteiger charge is 2.19. The summed E-state index contributed by atoms with van der Waals surface area (Å²) in [5.74, 6) is 6.55. The van der Waals surface area contributed by atoms with Gasteiger partial charge in [0, 0.05) is 28.5 Å². The standard InChI is InChI=1S/C19H20O2/c1-11-12(2)19(20)21-18-14(4)16-10-8-6-5-7-9-15(16)13(3)17(11)18/h5-7,9H2,1-4H3. The Morgan fingerprint density at radius 3 is 2.48 bits per heavy atom. The number of hydrogen-bond acceptors (Lipinski definition) is 2. The second kappa shape index (κ2) is 5.07. The molecule has 1 aliphatic rings. The Labute approximate surface area is 125 Å². The maximum atomic E-state index is 12.0. The summed E-state index contributed by atoms with van der Waals surface area (Å²) in [4.78, 5) is 12.0. The molecule has 0 unspecified atom stereocenters. The minimum atomic E-state index is -0.235. The number of fused-ring (bicyclic) bond motifs is 2. The van der Waals surface area contributed by atoms with Crippen molar-refractivity contribution in [3.63, 3.8) is 0 Å². The number of rotatable bonds is 0. The molecule has 1 aromatic carbocycles. The zero-order chi connectivity index (χ0) is 15.1. The summed E-state index contributed by atoms with van der Waals surface area (Å²) in [6.45, 7) is 8.01. The van der Waals surface area contributed by atoms with Crippen LogP contribution in [-0.2, 0) is 6.42 Å². The summed E-state index contributed by atoms with van der Waals surface area (Å²) < 4.78 is 5.60. The van der Waals surface area contributed by atoms with Gasteiger partial charge in [-0.05, 0) is 63.6 Å². The smallest absolute Gasteiger partial charge is 0.339 e. The van der Waals surface area contributed by atoms with Gasteiger partial charge in [0.1, 0.15) is 5.58 Å². The zero-order valence-electron chi connectivity index (χ0n) is 13.1. The van der Waals surface area contributed by atoms with Gasteiger partial charge >= 0.3 is 5.63 Å². The number of aryl methyl sites for hydroxylation is 3. The molecular formula is C19H20O2. The minimum Gasteiger partial charge on any atom is -0.422 e. The van der Waals surface area contributed by atoms with Gasteiger partial charge in [-0.3, -0.25) is 0 Å². The van der Waals surface area contributed by atoms with E-state index >= 15 is 0 Å². The summed E-state index contributed by atoms with van der Waals surface area (Å²) in [6, 6.07) is 0. The number of benzene rings is 1. The van der Waals surface area contributed by atoms with Crippen molar-refractivity contribution in [2.75, 3.05) is 0 Å². The van der Waals surface area contributed by atoms with Gasteiger partial charge < -0.3 is 4.42 Å². The fraction of sp³-hybridized carbons (Fsp3) is 0.421. The first kappa shape index (κ1) is 13.9. The second-order valence-corrected chi connectivity index (χ2v) is 5.96. The van der Waals surface area contributed by atoms with Crippen molar-refractivity contribution in [2.45, 2.75) is 53.4 Å². The Bertz CT molecular complexity index is 857. The van der Waals surface area contributed by atoms with Crippen molar-refractivity contribution in [2.24, 2.45) is 0 Å². The lowest BCUT2D eigenvalue weighted by Crippen LogP contribution is -2.10. The first-order valence-electron chi connectivity index (χ1n) is 7.57. The Kier molecular flexibility index (Phi) is 3.37. The molecule has 0 fully saturated rings. The van der Waals surface area contributed by atoms with Crippen LogP contribution in [0.25, 0.3) is 11.0 Å². The van der Waals surface area contributed by atoms with Gasteiger partial charge in [0.05, 0.1) is 0 Å². The average Bonchev–Trinajstić information content (AvgIpc) is 2.42. The molecule has 108 valence electrons. The van der Waals surface area contributed by atoms with E-state index in [4.69, 9.17) is 4.42 Å². The molecule has 0 radical (unpaired) electrons. The highest BCUT2D eigenvalue weighted by Crippen LogP contribution is 2.33. The average molecular weight is 280 g/mol. The van der Waals surface area contributed by atoms with E-state index in [0.29, 0.717) is 11.1 Å². The molecular weight excluding hydrogens is 260 g/mol. The molecule has 0 spiro atoms. The highest BCUT2D eigenvalue weighted by atomic mass is 16.4. The quantitative estimate of drug-likeness (QED) is 0.537. The van der Waals surface area contributed by atoms with Crippen LogP contribution >= 0.6 is 0 Å². The fourth-order valence-electron chi connectivity index (χ4n) is 3.27. The molecule has 0 saturated carbocycles. The van der Waals surface area contributed by atoms with E-state index in [1.807, 2.05) is 20.8 Å². The SMILES string of the molecule is Cc1c(C)c2c(C)c3c(c(C)c2oc1=O)C#CCCCC3. The molecule has 0 aliphatic heterocycles. The minimum absolute atomic E-state index is 0.235. The maximum absolute atomic E-state index is 12.0. The molecule has 1 aliphatic carbocycles. The van der Waals surface area contributed by atoms with Gasteiger partial charge in [-0.2, -0.15) is 0 Å². The predicted molar refractivity (Wildman–Crippen MR) is 85.9 cm³/mol. The molecule has 0 atom stereocenters. The Morgan fingerprint density at radius 2 is 1.71 bits per heavy atom. The third-order valence-corrected chi connectivity index (χ3v) is 4.70. The third-order valence-electron chi connectivity index (χ3n) is 4.70. The second-order valence-electron chi connectivity index (χ2n) is 5.96. The van der Waals surface area contributed by atoms with E-state index in [9.17, 15) is 4.79 Å². The molecule has 21 heavy (non-hydrogen) atoms. The van der Waals surface area contributed by atoms with Crippen LogP contribution in [0.15, 0.2) is 9.21 Å². The fourth-order valence-corrected chi connectivity index (χ4v) is 3.27. The van der Waals surface area contributed by atoms with Crippen molar-refractivity contribution < 1.29 is 4.42 Å². The Morgan fingerprint density at radius 1 is 0.952 bits per heavy atom. The monoisotopic (exact) mass is 280 g/mol. The lowest BCUT2D eigenvalue weighted by Gasteiger charge is -2.18. The van der Waals surface area contributed by atoms with Crippen LogP contribution in [0.3, 0.4) is 0 Å². The van der Waals surface area contributed by atoms with Crippen molar-refractivity contribution in [1.29, 1.82) is 0 Å². The third kappa shape index (κ3) is 2.08. The molecule has 0 N–H and O–H groups in total. The highest BCUT2D eigenvalue weighted by molar-refractivity contribution is 5.90. The molecule has 0 amide bonds. The summed E-state index contributed by atoms with van der Waals surface area (Å²) in [6.07, 6.45) is 4.34. The first-order valence-corrected chi connectivity index (χ1v) is 7.57. The largest absolute Gasteiger partial charge is 0.422 e. The van der Waals surface area contributed by atoms with E-state index in [1.165, 1.54) is 17.5 Å². The topological polar surface area (TPSA) is 30.2 Å². The number of hydrogen-bond donors (Lipinski definition) is 0. The van der Waals surface area contributed by atoms with Gasteiger partial charge in [-0.25, -0.2) is 4.79 Å². The van der Waals surface area contributed by atoms with Crippen molar-refractivity contribution in [1.82, 2.24) is 0 Å². The molecule has 0 saturated heterocycles. The van der Waals surface area contributed by atoms with Gasteiger partial charge in [-0.1, -0.05) is 11.8 Å². The van der Waals surface area contributed by atoms with E-state index in [1.54, 1.807) is 0 Å². The lowest BCUT2D eigenvalue weighted by atomic mass is 9.87. The van der Waals surface area contributed by atoms with Gasteiger partial charge in [0.2, 0.25) is 0 Å². The summed E-state index contributed by atoms with van der Waals surface area (Å²) in [5.41, 5.74) is 6.89. The Hall–Kier alpha value is -2.01. The van der Waals surface area contributed by atoms with Crippen molar-refractivity contribution in [3.8, 4) is 11.8 Å². The van der Waals surface area contributed by atoms with Gasteiger partial charge in [0.25, 0.3) is 0 Å². The predicted octanol–water partition coefficient (Wildman–Crippen LogP) is 4.10. The van der Waals surface area contributed by atoms with E-state index in [2.05, 4.69) is 18.8 Å². The lowest BCUT2D eigenvalue weighted by molar-refractivity contribution is 0.550. The van der Waals surface area contributed by atoms with Crippen LogP contribution in [0.4, 0.5) is 0 Å². The van der Waals surface area contributed by atoms with Crippen LogP contribution in [0, 0.1) is 39.5 Å². The zero-order valence-corrected chi connectivity index (χ0v) is 13.1. The molecule has 2 heteroatoms. The molecule has 2 nitrogen and oxygen atoms in total. The van der Waals surface area contributed by atoms with Crippen LogP contribution < -0.4 is 5.63 Å². The summed E-state index contributed by atoms with van der Waals surface area (Å²) >= 11 is 0. The van der Waals surface area contributed by atoms with Gasteiger partial charge in [-0.15, -0.1) is 0 Å². The molecule has 2 aromatic rings. The molecule has 0 bridgehead atoms. The first-order chi connectivity index (χ1) is 10.0. The Balaban J connectivity index is 2.52. The van der Waals surface area contributed by atoms with Crippen LogP contribution in [-0.4, -0.2) is 0 Å². The molecule has 3 rings (SSSR count). The van der Waals surface area contributed by atoms with Crippen molar-refractivity contribution >= 4 is 11.0 Å². The maximum Gasteiger partial charge on any atom is 0.339 e. The van der Waals surface area contributed by atoms with Crippen LogP contribution in [0.1, 0.15) is 52.6 Å². The van der Waals surface area contributed by atoms with Crippen LogP contribution in [0.5, 0.6) is 0 Å². The normalized spacial score (nSPS) is 14.1. The van der Waals surface area contributed by atoms with E-state index in [-0.39, 0.29) is 5.63 Å². The van der Waals surface area contributed by atoms with Crippen molar-refractivity contribution in [3.05, 3.63) is 43.8 Å². The van der Waals surface area contributed by atoms with E-state index in [0.717, 1.165) is 41.3 Å².